The lowest BCUT2D eigenvalue weighted by atomic mass is 9.77. The zero-order valence-electron chi connectivity index (χ0n) is 11.7. The standard InChI is InChI=1S/C16H25NO/c1-3-14-8-5-6-9-15(14)18-16(10-7-11-16)12-13-17-4-2/h5-6,8-9,17H,3-4,7,10-13H2,1-2H3. The molecule has 1 N–H and O–H groups in total. The Morgan fingerprint density at radius 1 is 1.22 bits per heavy atom. The summed E-state index contributed by atoms with van der Waals surface area (Å²) in [5, 5.41) is 3.41. The molecule has 1 aliphatic rings. The summed E-state index contributed by atoms with van der Waals surface area (Å²) in [4.78, 5) is 0. The molecule has 2 rings (SSSR count). The monoisotopic (exact) mass is 247 g/mol. The molecule has 2 heteroatoms. The van der Waals surface area contributed by atoms with Crippen LogP contribution in [0.2, 0.25) is 0 Å². The van der Waals surface area contributed by atoms with Crippen molar-refractivity contribution >= 4 is 0 Å². The third kappa shape index (κ3) is 3.05. The first-order valence-corrected chi connectivity index (χ1v) is 7.27. The molecule has 0 amide bonds. The number of nitrogens with one attached hydrogen (secondary N) is 1. The van der Waals surface area contributed by atoms with Crippen molar-refractivity contribution in [1.29, 1.82) is 0 Å². The lowest BCUT2D eigenvalue weighted by Gasteiger charge is -2.42. The van der Waals surface area contributed by atoms with Gasteiger partial charge >= 0.3 is 0 Å². The van der Waals surface area contributed by atoms with Gasteiger partial charge in [-0.25, -0.2) is 0 Å². The SMILES string of the molecule is CCNCCC1(Oc2ccccc2CC)CCC1. The molecule has 1 aromatic carbocycles. The van der Waals surface area contributed by atoms with Crippen LogP contribution in [0.15, 0.2) is 24.3 Å². The van der Waals surface area contributed by atoms with Crippen molar-refractivity contribution in [3.63, 3.8) is 0 Å². The minimum Gasteiger partial charge on any atom is -0.487 e. The molecular weight excluding hydrogens is 222 g/mol. The van der Waals surface area contributed by atoms with Gasteiger partial charge in [-0.1, -0.05) is 32.0 Å². The van der Waals surface area contributed by atoms with Gasteiger partial charge in [0.15, 0.2) is 0 Å². The van der Waals surface area contributed by atoms with Gasteiger partial charge in [-0.2, -0.15) is 0 Å². The van der Waals surface area contributed by atoms with Crippen LogP contribution in [-0.4, -0.2) is 18.7 Å². The van der Waals surface area contributed by atoms with E-state index >= 15 is 0 Å². The second kappa shape index (κ2) is 6.24. The van der Waals surface area contributed by atoms with Gasteiger partial charge in [0.2, 0.25) is 0 Å². The molecular formula is C16H25NO. The average Bonchev–Trinajstić information content (AvgIpc) is 2.36. The summed E-state index contributed by atoms with van der Waals surface area (Å²) in [6, 6.07) is 8.46. The highest BCUT2D eigenvalue weighted by Gasteiger charge is 2.39. The molecule has 1 saturated carbocycles. The van der Waals surface area contributed by atoms with Crippen LogP contribution in [0, 0.1) is 0 Å². The third-order valence-electron chi connectivity index (χ3n) is 3.95. The summed E-state index contributed by atoms with van der Waals surface area (Å²) in [5.41, 5.74) is 1.43. The van der Waals surface area contributed by atoms with E-state index < -0.39 is 0 Å². The predicted molar refractivity (Wildman–Crippen MR) is 76.2 cm³/mol. The largest absolute Gasteiger partial charge is 0.487 e. The van der Waals surface area contributed by atoms with Gasteiger partial charge in [0, 0.05) is 0 Å². The van der Waals surface area contributed by atoms with Crippen molar-refractivity contribution in [3.05, 3.63) is 29.8 Å². The summed E-state index contributed by atoms with van der Waals surface area (Å²) in [7, 11) is 0. The number of ether oxygens (including phenoxy) is 1. The van der Waals surface area contributed by atoms with Gasteiger partial charge in [-0.05, 0) is 56.8 Å². The van der Waals surface area contributed by atoms with E-state index in [0.717, 1.165) is 31.7 Å². The molecule has 0 bridgehead atoms. The maximum absolute atomic E-state index is 6.37. The van der Waals surface area contributed by atoms with E-state index in [1.807, 2.05) is 0 Å². The van der Waals surface area contributed by atoms with Crippen molar-refractivity contribution in [2.24, 2.45) is 0 Å². The Morgan fingerprint density at radius 3 is 2.61 bits per heavy atom. The lowest BCUT2D eigenvalue weighted by Crippen LogP contribution is -2.45. The zero-order chi connectivity index (χ0) is 12.8. The Morgan fingerprint density at radius 2 is 2.00 bits per heavy atom. The molecule has 100 valence electrons. The maximum Gasteiger partial charge on any atom is 0.123 e. The number of benzene rings is 1. The molecule has 0 heterocycles. The normalized spacial score (nSPS) is 17.2. The Kier molecular flexibility index (Phi) is 4.65. The van der Waals surface area contributed by atoms with Crippen LogP contribution in [0.5, 0.6) is 5.75 Å². The fraction of sp³-hybridized carbons (Fsp3) is 0.625. The average molecular weight is 247 g/mol. The topological polar surface area (TPSA) is 21.3 Å². The Balaban J connectivity index is 2.01. The predicted octanol–water partition coefficient (Wildman–Crippen LogP) is 3.55. The first-order valence-electron chi connectivity index (χ1n) is 7.27. The highest BCUT2D eigenvalue weighted by Crippen LogP contribution is 2.40. The van der Waals surface area contributed by atoms with Crippen LogP contribution in [0.4, 0.5) is 0 Å². The fourth-order valence-corrected chi connectivity index (χ4v) is 2.60. The summed E-state index contributed by atoms with van der Waals surface area (Å²) < 4.78 is 6.37. The molecule has 0 saturated heterocycles. The molecule has 0 spiro atoms. The molecule has 1 aromatic rings. The molecule has 0 aromatic heterocycles. The van der Waals surface area contributed by atoms with E-state index in [1.54, 1.807) is 0 Å². The van der Waals surface area contributed by atoms with Crippen molar-refractivity contribution in [2.75, 3.05) is 13.1 Å². The second-order valence-corrected chi connectivity index (χ2v) is 5.20. The second-order valence-electron chi connectivity index (χ2n) is 5.20. The molecule has 1 aliphatic carbocycles. The van der Waals surface area contributed by atoms with E-state index in [1.165, 1.54) is 24.8 Å². The number of rotatable bonds is 7. The summed E-state index contributed by atoms with van der Waals surface area (Å²) >= 11 is 0. The summed E-state index contributed by atoms with van der Waals surface area (Å²) in [6.45, 7) is 6.45. The van der Waals surface area contributed by atoms with Gasteiger partial charge in [0.05, 0.1) is 0 Å². The number of aryl methyl sites for hydroxylation is 1. The van der Waals surface area contributed by atoms with Crippen molar-refractivity contribution in [3.8, 4) is 5.75 Å². The highest BCUT2D eigenvalue weighted by molar-refractivity contribution is 5.34. The molecule has 0 aliphatic heterocycles. The van der Waals surface area contributed by atoms with Crippen LogP contribution in [0.3, 0.4) is 0 Å². The van der Waals surface area contributed by atoms with Crippen molar-refractivity contribution in [1.82, 2.24) is 5.32 Å². The highest BCUT2D eigenvalue weighted by atomic mass is 16.5. The smallest absolute Gasteiger partial charge is 0.123 e. The van der Waals surface area contributed by atoms with E-state index in [2.05, 4.69) is 43.4 Å². The minimum atomic E-state index is 0.105. The van der Waals surface area contributed by atoms with E-state index in [9.17, 15) is 0 Å². The molecule has 2 nitrogen and oxygen atoms in total. The zero-order valence-corrected chi connectivity index (χ0v) is 11.7. The van der Waals surface area contributed by atoms with Gasteiger partial charge in [-0.15, -0.1) is 0 Å². The lowest BCUT2D eigenvalue weighted by molar-refractivity contribution is -0.0148. The first kappa shape index (κ1) is 13.4. The number of para-hydroxylation sites is 1. The van der Waals surface area contributed by atoms with E-state index in [0.29, 0.717) is 0 Å². The summed E-state index contributed by atoms with van der Waals surface area (Å²) in [5.74, 6) is 1.09. The number of hydrogen-bond acceptors (Lipinski definition) is 2. The van der Waals surface area contributed by atoms with Crippen LogP contribution < -0.4 is 10.1 Å². The first-order chi connectivity index (χ1) is 8.79. The van der Waals surface area contributed by atoms with Crippen LogP contribution in [-0.2, 0) is 6.42 Å². The Hall–Kier alpha value is -1.02. The van der Waals surface area contributed by atoms with Crippen LogP contribution in [0.1, 0.15) is 45.1 Å². The number of hydrogen-bond donors (Lipinski definition) is 1. The molecule has 0 atom stereocenters. The molecule has 0 radical (unpaired) electrons. The quantitative estimate of drug-likeness (QED) is 0.744. The summed E-state index contributed by atoms with van der Waals surface area (Å²) in [6.07, 6.45) is 5.88. The minimum absolute atomic E-state index is 0.105. The molecule has 0 unspecified atom stereocenters. The molecule has 1 fully saturated rings. The Labute approximate surface area is 111 Å². The van der Waals surface area contributed by atoms with Crippen LogP contribution in [0.25, 0.3) is 0 Å². The van der Waals surface area contributed by atoms with Gasteiger partial charge in [0.25, 0.3) is 0 Å². The third-order valence-corrected chi connectivity index (χ3v) is 3.95. The van der Waals surface area contributed by atoms with Gasteiger partial charge in [-0.3, -0.25) is 0 Å². The van der Waals surface area contributed by atoms with Gasteiger partial charge < -0.3 is 10.1 Å². The van der Waals surface area contributed by atoms with E-state index in [4.69, 9.17) is 4.74 Å². The Bertz CT molecular complexity index is 371. The molecule has 18 heavy (non-hydrogen) atoms. The fourth-order valence-electron chi connectivity index (χ4n) is 2.60. The van der Waals surface area contributed by atoms with Crippen molar-refractivity contribution in [2.45, 2.75) is 51.6 Å². The van der Waals surface area contributed by atoms with Crippen molar-refractivity contribution < 1.29 is 4.74 Å². The van der Waals surface area contributed by atoms with E-state index in [-0.39, 0.29) is 5.60 Å². The van der Waals surface area contributed by atoms with Gasteiger partial charge in [0.1, 0.15) is 11.4 Å². The van der Waals surface area contributed by atoms with Crippen LogP contribution >= 0.6 is 0 Å². The maximum atomic E-state index is 6.37.